The van der Waals surface area contributed by atoms with Crippen molar-refractivity contribution in [3.63, 3.8) is 0 Å². The molecule has 0 saturated heterocycles. The molecule has 7 heteroatoms. The minimum Gasteiger partial charge on any atom is -0.349 e. The maximum Gasteiger partial charge on any atom is 0.258 e. The fraction of sp³-hybridized carbons (Fsp3) is 0.333. The summed E-state index contributed by atoms with van der Waals surface area (Å²) in [4.78, 5) is 32.2. The first-order valence-corrected chi connectivity index (χ1v) is 10.7. The number of nitrogens with one attached hydrogen (secondary N) is 1. The Bertz CT molecular complexity index is 1130. The van der Waals surface area contributed by atoms with E-state index in [9.17, 15) is 9.59 Å². The van der Waals surface area contributed by atoms with Crippen LogP contribution in [0, 0.1) is 0 Å². The summed E-state index contributed by atoms with van der Waals surface area (Å²) >= 11 is 0. The first-order chi connectivity index (χ1) is 15.0. The van der Waals surface area contributed by atoms with Crippen molar-refractivity contribution in [1.29, 1.82) is 0 Å². The Morgan fingerprint density at radius 2 is 1.84 bits per heavy atom. The molecule has 2 aromatic carbocycles. The van der Waals surface area contributed by atoms with Crippen LogP contribution in [0.25, 0.3) is 0 Å². The Hall–Kier alpha value is -3.48. The molecule has 1 saturated carbocycles. The van der Waals surface area contributed by atoms with Crippen LogP contribution in [0.3, 0.4) is 0 Å². The molecule has 1 aliphatic heterocycles. The minimum absolute atomic E-state index is 0.0668. The highest BCUT2D eigenvalue weighted by Crippen LogP contribution is 2.40. The minimum atomic E-state index is -0.184. The number of aromatic nitrogens is 3. The van der Waals surface area contributed by atoms with Gasteiger partial charge in [-0.1, -0.05) is 18.2 Å². The lowest BCUT2D eigenvalue weighted by Crippen LogP contribution is -2.30. The van der Waals surface area contributed by atoms with Crippen LogP contribution in [-0.2, 0) is 0 Å². The zero-order valence-electron chi connectivity index (χ0n) is 17.7. The van der Waals surface area contributed by atoms with Gasteiger partial charge in [0, 0.05) is 35.4 Å². The lowest BCUT2D eigenvalue weighted by atomic mass is 9.98. The maximum atomic E-state index is 13.3. The van der Waals surface area contributed by atoms with Crippen molar-refractivity contribution < 1.29 is 9.59 Å². The standard InChI is InChI=1S/C24H25N5O2/c1-15(2)29-14-25-22(27-29)20-13-28(24(31)16-6-4-3-5-7-16)21-11-8-17(12-19(20)21)23(30)26-18-9-10-18/h3-8,11-12,14-15,18,20H,9-10,13H2,1-2H3,(H,26,30)/t20-/m1/s1. The van der Waals surface area contributed by atoms with Gasteiger partial charge in [-0.15, -0.1) is 0 Å². The average Bonchev–Trinajstić information content (AvgIpc) is 3.32. The Morgan fingerprint density at radius 1 is 1.06 bits per heavy atom. The van der Waals surface area contributed by atoms with Gasteiger partial charge in [-0.3, -0.25) is 14.3 Å². The van der Waals surface area contributed by atoms with Gasteiger partial charge in [0.05, 0.1) is 5.92 Å². The number of hydrogen-bond acceptors (Lipinski definition) is 4. The van der Waals surface area contributed by atoms with Gasteiger partial charge in [0.25, 0.3) is 11.8 Å². The summed E-state index contributed by atoms with van der Waals surface area (Å²) in [5.74, 6) is 0.342. The van der Waals surface area contributed by atoms with Gasteiger partial charge in [-0.25, -0.2) is 4.98 Å². The second-order valence-corrected chi connectivity index (χ2v) is 8.53. The van der Waals surface area contributed by atoms with Gasteiger partial charge in [0.15, 0.2) is 5.82 Å². The van der Waals surface area contributed by atoms with Crippen molar-refractivity contribution in [2.24, 2.45) is 0 Å². The highest BCUT2D eigenvalue weighted by Gasteiger charge is 2.36. The molecule has 5 rings (SSSR count). The first kappa shape index (κ1) is 19.5. The molecule has 1 atom stereocenters. The van der Waals surface area contributed by atoms with Gasteiger partial charge < -0.3 is 10.2 Å². The van der Waals surface area contributed by atoms with Crippen LogP contribution >= 0.6 is 0 Å². The number of hydrogen-bond donors (Lipinski definition) is 1. The van der Waals surface area contributed by atoms with E-state index in [-0.39, 0.29) is 29.8 Å². The summed E-state index contributed by atoms with van der Waals surface area (Å²) in [6.45, 7) is 4.54. The smallest absolute Gasteiger partial charge is 0.258 e. The molecule has 1 N–H and O–H groups in total. The molecule has 1 aromatic heterocycles. The molecule has 0 unspecified atom stereocenters. The molecule has 158 valence electrons. The molecule has 0 bridgehead atoms. The second-order valence-electron chi connectivity index (χ2n) is 8.53. The van der Waals surface area contributed by atoms with Crippen molar-refractivity contribution >= 4 is 17.5 Å². The Labute approximate surface area is 181 Å². The molecule has 0 radical (unpaired) electrons. The van der Waals surface area contributed by atoms with Crippen LogP contribution in [0.15, 0.2) is 54.9 Å². The summed E-state index contributed by atoms with van der Waals surface area (Å²) in [6, 6.07) is 15.3. The zero-order chi connectivity index (χ0) is 21.5. The number of fused-ring (bicyclic) bond motifs is 1. The molecule has 31 heavy (non-hydrogen) atoms. The number of amides is 2. The molecule has 0 spiro atoms. The largest absolute Gasteiger partial charge is 0.349 e. The summed E-state index contributed by atoms with van der Waals surface area (Å²) in [7, 11) is 0. The monoisotopic (exact) mass is 415 g/mol. The average molecular weight is 415 g/mol. The zero-order valence-corrected chi connectivity index (χ0v) is 17.7. The quantitative estimate of drug-likeness (QED) is 0.691. The topological polar surface area (TPSA) is 80.1 Å². The van der Waals surface area contributed by atoms with E-state index < -0.39 is 0 Å². The first-order valence-electron chi connectivity index (χ1n) is 10.7. The molecule has 2 aliphatic rings. The van der Waals surface area contributed by atoms with E-state index in [0.717, 1.165) is 24.1 Å². The lowest BCUT2D eigenvalue weighted by Gasteiger charge is -2.18. The number of nitrogens with zero attached hydrogens (tertiary/aromatic N) is 4. The van der Waals surface area contributed by atoms with Gasteiger partial charge in [-0.2, -0.15) is 5.10 Å². The SMILES string of the molecule is CC(C)n1cnc([C@@H]2CN(C(=O)c3ccccc3)c3ccc(C(=O)NC4CC4)cc32)n1. The predicted octanol–water partition coefficient (Wildman–Crippen LogP) is 3.54. The third kappa shape index (κ3) is 3.71. The van der Waals surface area contributed by atoms with Crippen molar-refractivity contribution in [3.05, 3.63) is 77.4 Å². The fourth-order valence-electron chi connectivity index (χ4n) is 3.94. The summed E-state index contributed by atoms with van der Waals surface area (Å²) in [5.41, 5.74) is 2.95. The van der Waals surface area contributed by atoms with Crippen LogP contribution in [-0.4, -0.2) is 39.2 Å². The summed E-state index contributed by atoms with van der Waals surface area (Å²) < 4.78 is 1.82. The molecule has 3 aromatic rings. The van der Waals surface area contributed by atoms with Crippen LogP contribution in [0.1, 0.15) is 70.8 Å². The second kappa shape index (κ2) is 7.65. The number of carbonyl (C=O) groups excluding carboxylic acids is 2. The molecular weight excluding hydrogens is 390 g/mol. The fourth-order valence-corrected chi connectivity index (χ4v) is 3.94. The number of benzene rings is 2. The summed E-state index contributed by atoms with van der Waals surface area (Å²) in [6.07, 6.45) is 3.80. The van der Waals surface area contributed by atoms with E-state index in [1.54, 1.807) is 17.3 Å². The van der Waals surface area contributed by atoms with Crippen LogP contribution in [0.5, 0.6) is 0 Å². The third-order valence-corrected chi connectivity index (χ3v) is 5.87. The number of carbonyl (C=O) groups is 2. The van der Waals surface area contributed by atoms with E-state index in [4.69, 9.17) is 0 Å². The van der Waals surface area contributed by atoms with Crippen molar-refractivity contribution in [2.45, 2.75) is 44.7 Å². The van der Waals surface area contributed by atoms with E-state index >= 15 is 0 Å². The number of rotatable bonds is 5. The maximum absolute atomic E-state index is 13.3. The van der Waals surface area contributed by atoms with Gasteiger partial charge in [0.1, 0.15) is 6.33 Å². The third-order valence-electron chi connectivity index (χ3n) is 5.87. The molecular formula is C24H25N5O2. The van der Waals surface area contributed by atoms with E-state index in [1.807, 2.05) is 61.0 Å². The molecule has 7 nitrogen and oxygen atoms in total. The van der Waals surface area contributed by atoms with Crippen molar-refractivity contribution in [1.82, 2.24) is 20.1 Å². The lowest BCUT2D eigenvalue weighted by molar-refractivity contribution is 0.0949. The van der Waals surface area contributed by atoms with Crippen LogP contribution in [0.4, 0.5) is 5.69 Å². The van der Waals surface area contributed by atoms with Crippen LogP contribution < -0.4 is 10.2 Å². The molecule has 1 fully saturated rings. The van der Waals surface area contributed by atoms with Gasteiger partial charge in [0.2, 0.25) is 0 Å². The van der Waals surface area contributed by atoms with E-state index in [2.05, 4.69) is 15.4 Å². The van der Waals surface area contributed by atoms with E-state index in [0.29, 0.717) is 23.5 Å². The Balaban J connectivity index is 1.53. The van der Waals surface area contributed by atoms with Gasteiger partial charge >= 0.3 is 0 Å². The summed E-state index contributed by atoms with van der Waals surface area (Å²) in [5, 5.41) is 7.70. The Kier molecular flexibility index (Phi) is 4.81. The molecule has 1 aliphatic carbocycles. The number of anilines is 1. The van der Waals surface area contributed by atoms with Gasteiger partial charge in [-0.05, 0) is 62.6 Å². The predicted molar refractivity (Wildman–Crippen MR) is 117 cm³/mol. The molecule has 2 heterocycles. The highest BCUT2D eigenvalue weighted by molar-refractivity contribution is 6.08. The molecule has 2 amide bonds. The van der Waals surface area contributed by atoms with Crippen LogP contribution in [0.2, 0.25) is 0 Å². The highest BCUT2D eigenvalue weighted by atomic mass is 16.2. The van der Waals surface area contributed by atoms with Crippen molar-refractivity contribution in [2.75, 3.05) is 11.4 Å². The van der Waals surface area contributed by atoms with Crippen molar-refractivity contribution in [3.8, 4) is 0 Å². The van der Waals surface area contributed by atoms with E-state index in [1.165, 1.54) is 0 Å². The Morgan fingerprint density at radius 3 is 2.52 bits per heavy atom. The normalized spacial score (nSPS) is 17.6.